The van der Waals surface area contributed by atoms with Crippen LogP contribution >= 0.6 is 11.3 Å². The van der Waals surface area contributed by atoms with Crippen LogP contribution in [0.1, 0.15) is 11.1 Å². The molecule has 0 radical (unpaired) electrons. The summed E-state index contributed by atoms with van der Waals surface area (Å²) >= 11 is 1.37. The van der Waals surface area contributed by atoms with Crippen molar-refractivity contribution < 1.29 is 9.18 Å². The topological polar surface area (TPSA) is 82.8 Å². The second kappa shape index (κ2) is 8.86. The van der Waals surface area contributed by atoms with Crippen molar-refractivity contribution in [3.8, 4) is 10.6 Å². The molecule has 8 nitrogen and oxygen atoms in total. The van der Waals surface area contributed by atoms with Crippen LogP contribution in [0, 0.1) is 19.7 Å². The molecule has 34 heavy (non-hydrogen) atoms. The molecule has 2 amide bonds. The number of benzene rings is 2. The third-order valence-corrected chi connectivity index (χ3v) is 6.77. The van der Waals surface area contributed by atoms with Crippen LogP contribution in [0.25, 0.3) is 15.5 Å². The van der Waals surface area contributed by atoms with Gasteiger partial charge < -0.3 is 15.1 Å². The summed E-state index contributed by atoms with van der Waals surface area (Å²) in [4.78, 5) is 34.2. The highest BCUT2D eigenvalue weighted by atomic mass is 32.1. The molecule has 0 bridgehead atoms. The summed E-state index contributed by atoms with van der Waals surface area (Å²) in [5.74, 6) is 0.217. The lowest BCUT2D eigenvalue weighted by Crippen LogP contribution is -2.50. The Hall–Kier alpha value is -3.79. The smallest absolute Gasteiger partial charge is 0.321 e. The van der Waals surface area contributed by atoms with Crippen molar-refractivity contribution in [2.24, 2.45) is 0 Å². The van der Waals surface area contributed by atoms with Gasteiger partial charge in [0.1, 0.15) is 16.6 Å². The Bertz CT molecular complexity index is 1440. The van der Waals surface area contributed by atoms with Crippen LogP contribution in [0.3, 0.4) is 0 Å². The Morgan fingerprint density at radius 1 is 1.06 bits per heavy atom. The first kappa shape index (κ1) is 22.0. The number of amides is 2. The summed E-state index contributed by atoms with van der Waals surface area (Å²) in [5.41, 5.74) is 2.78. The van der Waals surface area contributed by atoms with Gasteiger partial charge in [-0.15, -0.1) is 0 Å². The van der Waals surface area contributed by atoms with E-state index < -0.39 is 0 Å². The van der Waals surface area contributed by atoms with Gasteiger partial charge in [-0.05, 0) is 37.6 Å². The zero-order valence-corrected chi connectivity index (χ0v) is 19.6. The first-order valence-corrected chi connectivity index (χ1v) is 11.7. The molecule has 0 unspecified atom stereocenters. The minimum absolute atomic E-state index is 0.239. The van der Waals surface area contributed by atoms with E-state index in [0.29, 0.717) is 48.2 Å². The highest BCUT2D eigenvalue weighted by molar-refractivity contribution is 7.19. The third kappa shape index (κ3) is 4.36. The van der Waals surface area contributed by atoms with Gasteiger partial charge in [-0.1, -0.05) is 41.2 Å². The fraction of sp³-hybridized carbons (Fsp3) is 0.250. The quantitative estimate of drug-likeness (QED) is 0.483. The molecule has 0 spiro atoms. The molecule has 2 aromatic carbocycles. The van der Waals surface area contributed by atoms with Crippen LogP contribution < -0.4 is 15.8 Å². The maximum Gasteiger partial charge on any atom is 0.321 e. The number of nitrogens with one attached hydrogen (secondary N) is 1. The Labute approximate surface area is 199 Å². The molecule has 10 heteroatoms. The number of hydrogen-bond donors (Lipinski definition) is 1. The summed E-state index contributed by atoms with van der Waals surface area (Å²) in [6, 6.07) is 13.8. The minimum atomic E-state index is -0.357. The average Bonchev–Trinajstić information content (AvgIpc) is 3.27. The predicted octanol–water partition coefficient (Wildman–Crippen LogP) is 3.93. The van der Waals surface area contributed by atoms with E-state index in [9.17, 15) is 14.0 Å². The molecule has 0 atom stereocenters. The van der Waals surface area contributed by atoms with E-state index in [4.69, 9.17) is 0 Å². The van der Waals surface area contributed by atoms with E-state index >= 15 is 0 Å². The van der Waals surface area contributed by atoms with Gasteiger partial charge in [0.15, 0.2) is 0 Å². The number of carbonyl (C=O) groups excluding carboxylic acids is 1. The number of anilines is 2. The van der Waals surface area contributed by atoms with Gasteiger partial charge >= 0.3 is 6.03 Å². The zero-order valence-electron chi connectivity index (χ0n) is 18.8. The number of urea groups is 1. The highest BCUT2D eigenvalue weighted by Gasteiger charge is 2.23. The number of aryl methyl sites for hydroxylation is 2. The fourth-order valence-corrected chi connectivity index (χ4v) is 4.76. The second-order valence-corrected chi connectivity index (χ2v) is 9.25. The van der Waals surface area contributed by atoms with Gasteiger partial charge in [0, 0.05) is 43.5 Å². The van der Waals surface area contributed by atoms with Crippen molar-refractivity contribution >= 4 is 33.8 Å². The number of nitrogens with zero attached hydrogens (tertiary/aromatic N) is 5. The maximum absolute atomic E-state index is 13.8. The van der Waals surface area contributed by atoms with Gasteiger partial charge in [-0.3, -0.25) is 4.79 Å². The molecular weight excluding hydrogens is 455 g/mol. The summed E-state index contributed by atoms with van der Waals surface area (Å²) in [7, 11) is 0. The molecule has 1 N–H and O–H groups in total. The lowest BCUT2D eigenvalue weighted by molar-refractivity contribution is 0.208. The molecule has 1 fully saturated rings. The standard InChI is InChI=1S/C24H23FN6O2S/c1-15-4-3-5-17(12-15)22-28-31-21(32)14-20(27-24(31)34-22)29-8-10-30(11-9-29)23(33)26-18-7-6-16(2)19(25)13-18/h3-7,12-14H,8-11H2,1-2H3,(H,26,33). The third-order valence-electron chi connectivity index (χ3n) is 5.81. The molecule has 2 aromatic heterocycles. The van der Waals surface area contributed by atoms with Crippen LogP contribution in [0.2, 0.25) is 0 Å². The number of hydrogen-bond acceptors (Lipinski definition) is 6. The number of halogens is 1. The summed E-state index contributed by atoms with van der Waals surface area (Å²) in [5, 5.41) is 7.93. The van der Waals surface area contributed by atoms with Gasteiger partial charge in [-0.2, -0.15) is 9.61 Å². The van der Waals surface area contributed by atoms with Gasteiger partial charge in [0.25, 0.3) is 5.56 Å². The first-order chi connectivity index (χ1) is 16.4. The number of aromatic nitrogens is 3. The number of rotatable bonds is 3. The van der Waals surface area contributed by atoms with E-state index in [2.05, 4.69) is 15.4 Å². The zero-order chi connectivity index (χ0) is 23.8. The largest absolute Gasteiger partial charge is 0.353 e. The van der Waals surface area contributed by atoms with Crippen LogP contribution in [-0.4, -0.2) is 51.7 Å². The van der Waals surface area contributed by atoms with Crippen molar-refractivity contribution in [1.29, 1.82) is 0 Å². The molecule has 174 valence electrons. The maximum atomic E-state index is 13.8. The van der Waals surface area contributed by atoms with Crippen LogP contribution in [0.5, 0.6) is 0 Å². The summed E-state index contributed by atoms with van der Waals surface area (Å²) < 4.78 is 15.1. The van der Waals surface area contributed by atoms with Crippen LogP contribution in [0.4, 0.5) is 20.7 Å². The fourth-order valence-electron chi connectivity index (χ4n) is 3.87. The van der Waals surface area contributed by atoms with Gasteiger partial charge in [0.05, 0.1) is 0 Å². The minimum Gasteiger partial charge on any atom is -0.353 e. The van der Waals surface area contributed by atoms with E-state index in [-0.39, 0.29) is 17.4 Å². The van der Waals surface area contributed by atoms with Crippen molar-refractivity contribution in [2.75, 3.05) is 36.4 Å². The number of carbonyl (C=O) groups is 1. The molecule has 3 heterocycles. The van der Waals surface area contributed by atoms with Gasteiger partial charge in [0.2, 0.25) is 4.96 Å². The summed E-state index contributed by atoms with van der Waals surface area (Å²) in [6.45, 7) is 5.66. The number of piperazine rings is 1. The molecule has 0 saturated carbocycles. The molecule has 1 aliphatic rings. The molecule has 0 aliphatic carbocycles. The number of fused-ring (bicyclic) bond motifs is 1. The Balaban J connectivity index is 1.29. The van der Waals surface area contributed by atoms with Crippen molar-refractivity contribution in [1.82, 2.24) is 19.5 Å². The average molecular weight is 479 g/mol. The van der Waals surface area contributed by atoms with E-state index in [1.54, 1.807) is 24.0 Å². The highest BCUT2D eigenvalue weighted by Crippen LogP contribution is 2.26. The van der Waals surface area contributed by atoms with Crippen molar-refractivity contribution in [3.63, 3.8) is 0 Å². The first-order valence-electron chi connectivity index (χ1n) is 10.9. The van der Waals surface area contributed by atoms with E-state index in [1.165, 1.54) is 28.0 Å². The van der Waals surface area contributed by atoms with E-state index in [0.717, 1.165) is 16.1 Å². The Kier molecular flexibility index (Phi) is 5.74. The predicted molar refractivity (Wildman–Crippen MR) is 131 cm³/mol. The SMILES string of the molecule is Cc1cccc(-c2nn3c(=O)cc(N4CCN(C(=O)Nc5ccc(C)c(F)c5)CC4)nc3s2)c1. The monoisotopic (exact) mass is 478 g/mol. The van der Waals surface area contributed by atoms with Gasteiger partial charge in [-0.25, -0.2) is 14.2 Å². The lowest BCUT2D eigenvalue weighted by Gasteiger charge is -2.35. The lowest BCUT2D eigenvalue weighted by atomic mass is 10.1. The Morgan fingerprint density at radius 3 is 2.59 bits per heavy atom. The van der Waals surface area contributed by atoms with Crippen LogP contribution in [-0.2, 0) is 0 Å². The van der Waals surface area contributed by atoms with Crippen molar-refractivity contribution in [3.05, 3.63) is 75.8 Å². The van der Waals surface area contributed by atoms with Crippen molar-refractivity contribution in [2.45, 2.75) is 13.8 Å². The molecular formula is C24H23FN6O2S. The van der Waals surface area contributed by atoms with Crippen LogP contribution in [0.15, 0.2) is 53.3 Å². The van der Waals surface area contributed by atoms with E-state index in [1.807, 2.05) is 36.1 Å². The molecule has 1 saturated heterocycles. The second-order valence-electron chi connectivity index (χ2n) is 8.29. The normalized spacial score (nSPS) is 14.0. The Morgan fingerprint density at radius 2 is 1.85 bits per heavy atom. The molecule has 1 aliphatic heterocycles. The molecule has 4 aromatic rings. The summed E-state index contributed by atoms with van der Waals surface area (Å²) in [6.07, 6.45) is 0. The molecule has 5 rings (SSSR count).